The lowest BCUT2D eigenvalue weighted by atomic mass is 10.2. The van der Waals surface area contributed by atoms with Gasteiger partial charge in [0.15, 0.2) is 6.61 Å². The zero-order chi connectivity index (χ0) is 12.1. The molecule has 0 radical (unpaired) electrons. The van der Waals surface area contributed by atoms with Crippen molar-refractivity contribution in [3.63, 3.8) is 0 Å². The summed E-state index contributed by atoms with van der Waals surface area (Å²) in [7, 11) is 0. The maximum Gasteiger partial charge on any atom is 0.303 e. The van der Waals surface area contributed by atoms with E-state index in [0.717, 1.165) is 10.6 Å². The molecule has 0 fully saturated rings. The van der Waals surface area contributed by atoms with Gasteiger partial charge in [-0.15, -0.1) is 0 Å². The van der Waals surface area contributed by atoms with Crippen molar-refractivity contribution in [3.05, 3.63) is 29.8 Å². The third kappa shape index (κ3) is 3.36. The van der Waals surface area contributed by atoms with Crippen molar-refractivity contribution in [1.82, 2.24) is 0 Å². The number of benzene rings is 1. The predicted octanol–water partition coefficient (Wildman–Crippen LogP) is 0.765. The van der Waals surface area contributed by atoms with Gasteiger partial charge in [0.1, 0.15) is 0 Å². The van der Waals surface area contributed by atoms with Gasteiger partial charge in [-0.25, -0.2) is 10.9 Å². The summed E-state index contributed by atoms with van der Waals surface area (Å²) >= 11 is 0. The molecule has 5 nitrogen and oxygen atoms in total. The van der Waals surface area contributed by atoms with Crippen molar-refractivity contribution in [2.24, 2.45) is 5.84 Å². The van der Waals surface area contributed by atoms with Gasteiger partial charge >= 0.3 is 5.97 Å². The van der Waals surface area contributed by atoms with Gasteiger partial charge in [-0.2, -0.15) is 0 Å². The smallest absolute Gasteiger partial charge is 0.303 e. The van der Waals surface area contributed by atoms with Crippen LogP contribution in [0, 0.1) is 6.92 Å². The quantitative estimate of drug-likeness (QED) is 0.355. The summed E-state index contributed by atoms with van der Waals surface area (Å²) in [5.41, 5.74) is 1.56. The van der Waals surface area contributed by atoms with Crippen LogP contribution in [0.4, 0.5) is 5.69 Å². The molecule has 0 atom stereocenters. The molecule has 0 aliphatic carbocycles. The monoisotopic (exact) mass is 222 g/mol. The number of carbonyl (C=O) groups excluding carboxylic acids is 2. The van der Waals surface area contributed by atoms with Crippen molar-refractivity contribution < 1.29 is 14.3 Å². The molecule has 86 valence electrons. The standard InChI is InChI=1S/C11H14N2O3/c1-8-4-3-5-10(6-8)13(12)11(15)7-16-9(2)14/h3-6H,7,12H2,1-2H3. The number of hydrogen-bond donors (Lipinski definition) is 1. The van der Waals surface area contributed by atoms with Crippen LogP contribution < -0.4 is 10.9 Å². The molecule has 0 saturated heterocycles. The van der Waals surface area contributed by atoms with Gasteiger partial charge in [-0.1, -0.05) is 12.1 Å². The second-order valence-corrected chi connectivity index (χ2v) is 3.38. The first-order valence-corrected chi connectivity index (χ1v) is 4.78. The van der Waals surface area contributed by atoms with E-state index >= 15 is 0 Å². The van der Waals surface area contributed by atoms with Crippen LogP contribution in [0.15, 0.2) is 24.3 Å². The van der Waals surface area contributed by atoms with Gasteiger partial charge in [0.25, 0.3) is 5.91 Å². The fourth-order valence-electron chi connectivity index (χ4n) is 1.15. The number of anilines is 1. The summed E-state index contributed by atoms with van der Waals surface area (Å²) < 4.78 is 4.57. The molecule has 0 aromatic heterocycles. The molecule has 1 aromatic rings. The highest BCUT2D eigenvalue weighted by molar-refractivity contribution is 5.94. The van der Waals surface area contributed by atoms with Gasteiger partial charge < -0.3 is 4.74 Å². The fourth-order valence-corrected chi connectivity index (χ4v) is 1.15. The van der Waals surface area contributed by atoms with Crippen LogP contribution >= 0.6 is 0 Å². The minimum atomic E-state index is -0.508. The minimum Gasteiger partial charge on any atom is -0.456 e. The Bertz CT molecular complexity index is 404. The second kappa shape index (κ2) is 5.27. The van der Waals surface area contributed by atoms with Gasteiger partial charge in [-0.3, -0.25) is 9.59 Å². The number of hydrazine groups is 1. The second-order valence-electron chi connectivity index (χ2n) is 3.38. The lowest BCUT2D eigenvalue weighted by Crippen LogP contribution is -2.40. The zero-order valence-corrected chi connectivity index (χ0v) is 9.27. The van der Waals surface area contributed by atoms with Gasteiger partial charge in [0.05, 0.1) is 5.69 Å². The van der Waals surface area contributed by atoms with E-state index in [1.807, 2.05) is 13.0 Å². The molecule has 1 aromatic carbocycles. The number of esters is 1. The first-order valence-electron chi connectivity index (χ1n) is 4.78. The topological polar surface area (TPSA) is 72.6 Å². The highest BCUT2D eigenvalue weighted by atomic mass is 16.5. The molecular weight excluding hydrogens is 208 g/mol. The molecule has 0 spiro atoms. The van der Waals surface area contributed by atoms with Gasteiger partial charge in [0.2, 0.25) is 0 Å². The van der Waals surface area contributed by atoms with E-state index in [2.05, 4.69) is 4.74 Å². The number of ether oxygens (including phenoxy) is 1. The SMILES string of the molecule is CC(=O)OCC(=O)N(N)c1cccc(C)c1. The molecule has 16 heavy (non-hydrogen) atoms. The summed E-state index contributed by atoms with van der Waals surface area (Å²) in [6, 6.07) is 7.17. The van der Waals surface area contributed by atoms with Crippen molar-refractivity contribution >= 4 is 17.6 Å². The summed E-state index contributed by atoms with van der Waals surface area (Å²) in [4.78, 5) is 22.0. The summed E-state index contributed by atoms with van der Waals surface area (Å²) in [6.07, 6.45) is 0. The number of aryl methyl sites for hydroxylation is 1. The van der Waals surface area contributed by atoms with Crippen molar-refractivity contribution in [2.75, 3.05) is 11.6 Å². The number of amides is 1. The summed E-state index contributed by atoms with van der Waals surface area (Å²) in [5.74, 6) is 4.61. The normalized spacial score (nSPS) is 9.69. The van der Waals surface area contributed by atoms with E-state index in [0.29, 0.717) is 5.69 Å². The molecule has 0 heterocycles. The molecule has 1 amide bonds. The third-order valence-electron chi connectivity index (χ3n) is 1.95. The molecule has 2 N–H and O–H groups in total. The molecule has 0 bridgehead atoms. The molecule has 0 aliphatic heterocycles. The Labute approximate surface area is 93.8 Å². The highest BCUT2D eigenvalue weighted by Gasteiger charge is 2.12. The maximum atomic E-state index is 11.5. The lowest BCUT2D eigenvalue weighted by molar-refractivity contribution is -0.145. The molecule has 5 heteroatoms. The van der Waals surface area contributed by atoms with Crippen LogP contribution in [0.25, 0.3) is 0 Å². The van der Waals surface area contributed by atoms with E-state index in [9.17, 15) is 9.59 Å². The van der Waals surface area contributed by atoms with Crippen LogP contribution in [0.2, 0.25) is 0 Å². The average molecular weight is 222 g/mol. The Morgan fingerprint density at radius 1 is 1.44 bits per heavy atom. The molecule has 1 rings (SSSR count). The Morgan fingerprint density at radius 2 is 2.12 bits per heavy atom. The first kappa shape index (κ1) is 12.2. The third-order valence-corrected chi connectivity index (χ3v) is 1.95. The van der Waals surface area contributed by atoms with E-state index in [1.54, 1.807) is 18.2 Å². The predicted molar refractivity (Wildman–Crippen MR) is 59.5 cm³/mol. The number of nitrogens with zero attached hydrogens (tertiary/aromatic N) is 1. The van der Waals surface area contributed by atoms with Crippen molar-refractivity contribution in [2.45, 2.75) is 13.8 Å². The van der Waals surface area contributed by atoms with Crippen LogP contribution in [0.1, 0.15) is 12.5 Å². The van der Waals surface area contributed by atoms with Gasteiger partial charge in [-0.05, 0) is 24.6 Å². The van der Waals surface area contributed by atoms with Crippen molar-refractivity contribution in [1.29, 1.82) is 0 Å². The first-order chi connectivity index (χ1) is 7.50. The summed E-state index contributed by atoms with van der Waals surface area (Å²) in [5, 5.41) is 0.968. The van der Waals surface area contributed by atoms with E-state index in [1.165, 1.54) is 6.92 Å². The van der Waals surface area contributed by atoms with Crippen LogP contribution in [0.3, 0.4) is 0 Å². The van der Waals surface area contributed by atoms with Crippen LogP contribution in [-0.2, 0) is 14.3 Å². The average Bonchev–Trinajstić information content (AvgIpc) is 2.24. The van der Waals surface area contributed by atoms with E-state index < -0.39 is 11.9 Å². The molecule has 0 aliphatic rings. The Hall–Kier alpha value is -1.88. The Morgan fingerprint density at radius 3 is 2.69 bits per heavy atom. The van der Waals surface area contributed by atoms with Crippen molar-refractivity contribution in [3.8, 4) is 0 Å². The highest BCUT2D eigenvalue weighted by Crippen LogP contribution is 2.12. The largest absolute Gasteiger partial charge is 0.456 e. The minimum absolute atomic E-state index is 0.347. The molecule has 0 unspecified atom stereocenters. The maximum absolute atomic E-state index is 11.5. The van der Waals surface area contributed by atoms with Crippen LogP contribution in [-0.4, -0.2) is 18.5 Å². The fraction of sp³-hybridized carbons (Fsp3) is 0.273. The number of hydrogen-bond acceptors (Lipinski definition) is 4. The van der Waals surface area contributed by atoms with Gasteiger partial charge in [0, 0.05) is 6.92 Å². The van der Waals surface area contributed by atoms with E-state index in [-0.39, 0.29) is 6.61 Å². The summed E-state index contributed by atoms with van der Waals surface area (Å²) in [6.45, 7) is 2.79. The molecule has 0 saturated carbocycles. The number of nitrogens with two attached hydrogens (primary N) is 1. The number of rotatable bonds is 3. The van der Waals surface area contributed by atoms with E-state index in [4.69, 9.17) is 5.84 Å². The molecular formula is C11H14N2O3. The Balaban J connectivity index is 2.66. The Kier molecular flexibility index (Phi) is 4.02. The number of carbonyl (C=O) groups is 2. The van der Waals surface area contributed by atoms with Crippen LogP contribution in [0.5, 0.6) is 0 Å². The lowest BCUT2D eigenvalue weighted by Gasteiger charge is -2.16. The zero-order valence-electron chi connectivity index (χ0n) is 9.27.